The summed E-state index contributed by atoms with van der Waals surface area (Å²) in [6.45, 7) is 3.90. The first-order chi connectivity index (χ1) is 10.8. The maximum Gasteiger partial charge on any atom is 0.262 e. The highest BCUT2D eigenvalue weighted by atomic mass is 32.1. The highest BCUT2D eigenvalue weighted by Gasteiger charge is 2.30. The van der Waals surface area contributed by atoms with Gasteiger partial charge in [-0.15, -0.1) is 11.3 Å². The second-order valence-corrected chi connectivity index (χ2v) is 7.59. The number of hydrogen-bond acceptors (Lipinski definition) is 4. The largest absolute Gasteiger partial charge is 0.310 e. The van der Waals surface area contributed by atoms with Gasteiger partial charge in [-0.25, -0.2) is 4.98 Å². The quantitative estimate of drug-likeness (QED) is 0.833. The SMILES string of the molecule is CCCCNCc1nc2sc3c(c2c(=O)n1C1CC1)CCC3. The topological polar surface area (TPSA) is 46.9 Å². The van der Waals surface area contributed by atoms with Gasteiger partial charge in [0.2, 0.25) is 0 Å². The molecule has 118 valence electrons. The average Bonchev–Trinajstić information content (AvgIpc) is 3.12. The molecule has 4 rings (SSSR count). The minimum absolute atomic E-state index is 0.221. The zero-order chi connectivity index (χ0) is 15.1. The van der Waals surface area contributed by atoms with Crippen molar-refractivity contribution in [2.45, 2.75) is 64.5 Å². The van der Waals surface area contributed by atoms with Crippen molar-refractivity contribution in [2.75, 3.05) is 6.54 Å². The summed E-state index contributed by atoms with van der Waals surface area (Å²) in [5, 5.41) is 4.38. The maximum atomic E-state index is 13.0. The molecule has 22 heavy (non-hydrogen) atoms. The van der Waals surface area contributed by atoms with Crippen molar-refractivity contribution in [3.8, 4) is 0 Å². The van der Waals surface area contributed by atoms with Crippen LogP contribution in [-0.4, -0.2) is 16.1 Å². The van der Waals surface area contributed by atoms with Crippen LogP contribution in [0, 0.1) is 0 Å². The predicted molar refractivity (Wildman–Crippen MR) is 90.8 cm³/mol. The van der Waals surface area contributed by atoms with Crippen LogP contribution >= 0.6 is 11.3 Å². The Bertz CT molecular complexity index is 757. The van der Waals surface area contributed by atoms with Crippen molar-refractivity contribution in [1.29, 1.82) is 0 Å². The molecule has 0 amide bonds. The molecule has 4 nitrogen and oxygen atoms in total. The summed E-state index contributed by atoms with van der Waals surface area (Å²) in [5.74, 6) is 0.941. The van der Waals surface area contributed by atoms with Crippen LogP contribution in [0.15, 0.2) is 4.79 Å². The second-order valence-electron chi connectivity index (χ2n) is 6.50. The highest BCUT2D eigenvalue weighted by Crippen LogP contribution is 2.38. The lowest BCUT2D eigenvalue weighted by atomic mass is 10.2. The number of nitrogens with zero attached hydrogens (tertiary/aromatic N) is 2. The Balaban J connectivity index is 1.75. The molecule has 2 aromatic rings. The summed E-state index contributed by atoms with van der Waals surface area (Å²) in [5.41, 5.74) is 1.52. The highest BCUT2D eigenvalue weighted by molar-refractivity contribution is 7.18. The molecule has 5 heteroatoms. The van der Waals surface area contributed by atoms with Gasteiger partial charge in [0.1, 0.15) is 10.7 Å². The number of unbranched alkanes of at least 4 members (excludes halogenated alkanes) is 1. The van der Waals surface area contributed by atoms with Gasteiger partial charge in [0.15, 0.2) is 0 Å². The van der Waals surface area contributed by atoms with Crippen molar-refractivity contribution >= 4 is 21.6 Å². The second kappa shape index (κ2) is 5.78. The van der Waals surface area contributed by atoms with Gasteiger partial charge in [-0.1, -0.05) is 13.3 Å². The smallest absolute Gasteiger partial charge is 0.262 e. The van der Waals surface area contributed by atoms with Gasteiger partial charge < -0.3 is 5.32 Å². The van der Waals surface area contributed by atoms with Gasteiger partial charge in [0.25, 0.3) is 5.56 Å². The van der Waals surface area contributed by atoms with Crippen LogP contribution in [0.4, 0.5) is 0 Å². The first-order valence-electron chi connectivity index (χ1n) is 8.56. The lowest BCUT2D eigenvalue weighted by Crippen LogP contribution is -2.28. The summed E-state index contributed by atoms with van der Waals surface area (Å²) in [6, 6.07) is 0.393. The van der Waals surface area contributed by atoms with Crippen molar-refractivity contribution in [3.05, 3.63) is 26.6 Å². The Kier molecular flexibility index (Phi) is 3.78. The van der Waals surface area contributed by atoms with Crippen LogP contribution in [0.25, 0.3) is 10.2 Å². The van der Waals surface area contributed by atoms with Gasteiger partial charge in [0.05, 0.1) is 11.9 Å². The third-order valence-electron chi connectivity index (χ3n) is 4.75. The van der Waals surface area contributed by atoms with E-state index in [2.05, 4.69) is 12.2 Å². The van der Waals surface area contributed by atoms with E-state index in [9.17, 15) is 4.79 Å². The van der Waals surface area contributed by atoms with Crippen molar-refractivity contribution < 1.29 is 0 Å². The minimum Gasteiger partial charge on any atom is -0.310 e. The van der Waals surface area contributed by atoms with Gasteiger partial charge in [-0.05, 0) is 50.6 Å². The number of aryl methyl sites for hydroxylation is 2. The fourth-order valence-electron chi connectivity index (χ4n) is 3.43. The summed E-state index contributed by atoms with van der Waals surface area (Å²) < 4.78 is 1.99. The molecule has 0 aromatic carbocycles. The first kappa shape index (κ1) is 14.4. The average molecular weight is 317 g/mol. The molecule has 0 radical (unpaired) electrons. The lowest BCUT2D eigenvalue weighted by Gasteiger charge is -2.12. The number of aromatic nitrogens is 2. The molecular weight excluding hydrogens is 294 g/mol. The van der Waals surface area contributed by atoms with Gasteiger partial charge >= 0.3 is 0 Å². The Hall–Kier alpha value is -1.20. The Labute approximate surface area is 134 Å². The molecule has 2 heterocycles. The molecule has 2 aliphatic rings. The van der Waals surface area contributed by atoms with E-state index < -0.39 is 0 Å². The number of fused-ring (bicyclic) bond motifs is 3. The lowest BCUT2D eigenvalue weighted by molar-refractivity contribution is 0.570. The molecule has 0 aliphatic heterocycles. The van der Waals surface area contributed by atoms with E-state index in [-0.39, 0.29) is 5.56 Å². The summed E-state index contributed by atoms with van der Waals surface area (Å²) >= 11 is 1.75. The van der Waals surface area contributed by atoms with E-state index in [1.54, 1.807) is 11.3 Å². The Morgan fingerprint density at radius 3 is 3.00 bits per heavy atom. The zero-order valence-electron chi connectivity index (χ0n) is 13.2. The Morgan fingerprint density at radius 2 is 2.23 bits per heavy atom. The van der Waals surface area contributed by atoms with E-state index in [4.69, 9.17) is 4.98 Å². The monoisotopic (exact) mass is 317 g/mol. The molecule has 1 fully saturated rings. The fraction of sp³-hybridized carbons (Fsp3) is 0.647. The van der Waals surface area contributed by atoms with E-state index in [0.717, 1.165) is 48.3 Å². The fourth-order valence-corrected chi connectivity index (χ4v) is 4.70. The zero-order valence-corrected chi connectivity index (χ0v) is 14.0. The van der Waals surface area contributed by atoms with Crippen LogP contribution in [0.2, 0.25) is 0 Å². The van der Waals surface area contributed by atoms with Crippen molar-refractivity contribution in [2.24, 2.45) is 0 Å². The molecule has 2 aliphatic carbocycles. The molecule has 0 unspecified atom stereocenters. The maximum absolute atomic E-state index is 13.0. The van der Waals surface area contributed by atoms with Crippen LogP contribution in [0.3, 0.4) is 0 Å². The van der Waals surface area contributed by atoms with Crippen molar-refractivity contribution in [1.82, 2.24) is 14.9 Å². The van der Waals surface area contributed by atoms with Crippen LogP contribution in [0.1, 0.15) is 61.3 Å². The first-order valence-corrected chi connectivity index (χ1v) is 9.37. The van der Waals surface area contributed by atoms with E-state index in [0.29, 0.717) is 12.6 Å². The van der Waals surface area contributed by atoms with Gasteiger partial charge in [-0.3, -0.25) is 9.36 Å². The summed E-state index contributed by atoms with van der Waals surface area (Å²) in [4.78, 5) is 20.3. The van der Waals surface area contributed by atoms with Crippen LogP contribution in [0.5, 0.6) is 0 Å². The van der Waals surface area contributed by atoms with E-state index in [1.807, 2.05) is 4.57 Å². The molecular formula is C17H23N3OS. The third kappa shape index (κ3) is 2.40. The molecule has 2 aromatic heterocycles. The predicted octanol–water partition coefficient (Wildman–Crippen LogP) is 3.17. The number of thiophene rings is 1. The van der Waals surface area contributed by atoms with Gasteiger partial charge in [0, 0.05) is 10.9 Å². The number of hydrogen-bond donors (Lipinski definition) is 1. The molecule has 0 bridgehead atoms. The van der Waals surface area contributed by atoms with Crippen molar-refractivity contribution in [3.63, 3.8) is 0 Å². The number of nitrogens with one attached hydrogen (secondary N) is 1. The summed E-state index contributed by atoms with van der Waals surface area (Å²) in [7, 11) is 0. The standard InChI is InChI=1S/C17H23N3OS/c1-2-3-9-18-10-14-19-16-15(12-5-4-6-13(12)22-16)17(21)20(14)11-7-8-11/h11,18H,2-10H2,1H3. The van der Waals surface area contributed by atoms with E-state index in [1.165, 1.54) is 29.7 Å². The molecule has 0 atom stereocenters. The van der Waals surface area contributed by atoms with Crippen LogP contribution in [-0.2, 0) is 19.4 Å². The molecule has 1 saturated carbocycles. The van der Waals surface area contributed by atoms with E-state index >= 15 is 0 Å². The Morgan fingerprint density at radius 1 is 1.36 bits per heavy atom. The summed E-state index contributed by atoms with van der Waals surface area (Å²) in [6.07, 6.45) is 7.99. The van der Waals surface area contributed by atoms with Gasteiger partial charge in [-0.2, -0.15) is 0 Å². The third-order valence-corrected chi connectivity index (χ3v) is 5.93. The van der Waals surface area contributed by atoms with Crippen LogP contribution < -0.4 is 10.9 Å². The minimum atomic E-state index is 0.221. The molecule has 0 saturated heterocycles. The molecule has 1 N–H and O–H groups in total. The molecule has 0 spiro atoms. The normalized spacial score (nSPS) is 17.3. The number of rotatable bonds is 6.